The largest absolute Gasteiger partial charge is 0.496 e. The van der Waals surface area contributed by atoms with Gasteiger partial charge < -0.3 is 19.9 Å². The number of rotatable bonds is 7. The molecular weight excluding hydrogens is 274 g/mol. The number of hydrogen-bond acceptors (Lipinski definition) is 4. The molecule has 0 aromatic heterocycles. The second-order valence-corrected chi connectivity index (χ2v) is 4.59. The van der Waals surface area contributed by atoms with Gasteiger partial charge >= 0.3 is 5.97 Å². The smallest absolute Gasteiger partial charge is 0.329 e. The lowest BCUT2D eigenvalue weighted by Crippen LogP contribution is -2.53. The highest BCUT2D eigenvalue weighted by Gasteiger charge is 2.37. The zero-order valence-corrected chi connectivity index (χ0v) is 12.7. The normalized spacial score (nSPS) is 10.9. The molecule has 0 aliphatic rings. The van der Waals surface area contributed by atoms with Gasteiger partial charge in [-0.25, -0.2) is 4.79 Å². The first kappa shape index (κ1) is 16.8. The van der Waals surface area contributed by atoms with Crippen molar-refractivity contribution in [2.45, 2.75) is 32.2 Å². The van der Waals surface area contributed by atoms with Crippen LogP contribution in [0.3, 0.4) is 0 Å². The van der Waals surface area contributed by atoms with Crippen LogP contribution in [-0.2, 0) is 4.79 Å². The summed E-state index contributed by atoms with van der Waals surface area (Å²) in [7, 11) is 2.88. The van der Waals surface area contributed by atoms with Gasteiger partial charge in [0.2, 0.25) is 0 Å². The van der Waals surface area contributed by atoms with Crippen molar-refractivity contribution < 1.29 is 24.2 Å². The van der Waals surface area contributed by atoms with Crippen LogP contribution < -0.4 is 14.8 Å². The highest BCUT2D eigenvalue weighted by Crippen LogP contribution is 2.29. The molecule has 2 N–H and O–H groups in total. The molecule has 1 aromatic carbocycles. The van der Waals surface area contributed by atoms with E-state index in [1.807, 2.05) is 0 Å². The highest BCUT2D eigenvalue weighted by atomic mass is 16.5. The Labute approximate surface area is 124 Å². The first-order valence-corrected chi connectivity index (χ1v) is 6.72. The Bertz CT molecular complexity index is 501. The van der Waals surface area contributed by atoms with Crippen molar-refractivity contribution in [3.63, 3.8) is 0 Å². The lowest BCUT2D eigenvalue weighted by molar-refractivity contribution is -0.144. The van der Waals surface area contributed by atoms with Gasteiger partial charge in [-0.3, -0.25) is 4.79 Å². The van der Waals surface area contributed by atoms with Crippen LogP contribution in [-0.4, -0.2) is 36.7 Å². The molecule has 0 fully saturated rings. The number of nitrogens with one attached hydrogen (secondary N) is 1. The molecule has 0 heterocycles. The third kappa shape index (κ3) is 3.26. The van der Waals surface area contributed by atoms with E-state index in [-0.39, 0.29) is 18.4 Å². The second-order valence-electron chi connectivity index (χ2n) is 4.59. The van der Waals surface area contributed by atoms with Crippen LogP contribution in [0.1, 0.15) is 37.0 Å². The summed E-state index contributed by atoms with van der Waals surface area (Å²) in [4.78, 5) is 24.0. The van der Waals surface area contributed by atoms with Crippen molar-refractivity contribution in [3.8, 4) is 11.5 Å². The van der Waals surface area contributed by atoms with E-state index in [4.69, 9.17) is 9.47 Å². The van der Waals surface area contributed by atoms with E-state index in [1.165, 1.54) is 14.2 Å². The zero-order valence-electron chi connectivity index (χ0n) is 12.7. The van der Waals surface area contributed by atoms with Gasteiger partial charge in [-0.2, -0.15) is 0 Å². The molecule has 1 aromatic rings. The Balaban J connectivity index is 3.23. The number of carbonyl (C=O) groups is 2. The number of carboxylic acid groups (broad SMARTS) is 1. The molecular formula is C15H21NO5. The lowest BCUT2D eigenvalue weighted by atomic mass is 9.92. The number of aliphatic carboxylic acids is 1. The minimum atomic E-state index is -1.30. The molecule has 1 rings (SSSR count). The summed E-state index contributed by atoms with van der Waals surface area (Å²) < 4.78 is 10.3. The molecule has 6 heteroatoms. The van der Waals surface area contributed by atoms with Crippen molar-refractivity contribution in [2.24, 2.45) is 0 Å². The van der Waals surface area contributed by atoms with Crippen LogP contribution in [0.15, 0.2) is 18.2 Å². The van der Waals surface area contributed by atoms with Crippen LogP contribution in [0, 0.1) is 0 Å². The molecule has 21 heavy (non-hydrogen) atoms. The van der Waals surface area contributed by atoms with Crippen LogP contribution in [0.5, 0.6) is 11.5 Å². The van der Waals surface area contributed by atoms with Gasteiger partial charge in [0, 0.05) is 0 Å². The molecule has 0 unspecified atom stereocenters. The monoisotopic (exact) mass is 295 g/mol. The van der Waals surface area contributed by atoms with Crippen LogP contribution in [0.2, 0.25) is 0 Å². The van der Waals surface area contributed by atoms with E-state index in [0.29, 0.717) is 11.5 Å². The fraction of sp³-hybridized carbons (Fsp3) is 0.467. The van der Waals surface area contributed by atoms with Crippen molar-refractivity contribution >= 4 is 11.9 Å². The maximum atomic E-state index is 12.5. The minimum absolute atomic E-state index is 0.190. The Hall–Kier alpha value is -2.24. The van der Waals surface area contributed by atoms with Gasteiger partial charge in [-0.1, -0.05) is 19.9 Å². The average molecular weight is 295 g/mol. The fourth-order valence-corrected chi connectivity index (χ4v) is 2.14. The fourth-order valence-electron chi connectivity index (χ4n) is 2.14. The molecule has 6 nitrogen and oxygen atoms in total. The van der Waals surface area contributed by atoms with E-state index in [0.717, 1.165) is 0 Å². The van der Waals surface area contributed by atoms with Crippen molar-refractivity contribution in [3.05, 3.63) is 23.8 Å². The standard InChI is InChI=1S/C15H21NO5/c1-5-15(6-2,14(18)19)16-13(17)12-10(20-3)8-7-9-11(12)21-4/h7-9H,5-6H2,1-4H3,(H,16,17)(H,18,19). The number of hydrogen-bond donors (Lipinski definition) is 2. The summed E-state index contributed by atoms with van der Waals surface area (Å²) >= 11 is 0. The third-order valence-electron chi connectivity index (χ3n) is 3.62. The maximum absolute atomic E-state index is 12.5. The van der Waals surface area contributed by atoms with Crippen LogP contribution in [0.4, 0.5) is 0 Å². The zero-order chi connectivity index (χ0) is 16.0. The van der Waals surface area contributed by atoms with Crippen LogP contribution in [0.25, 0.3) is 0 Å². The van der Waals surface area contributed by atoms with Crippen molar-refractivity contribution in [2.75, 3.05) is 14.2 Å². The number of methoxy groups -OCH3 is 2. The average Bonchev–Trinajstić information content (AvgIpc) is 2.51. The number of carbonyl (C=O) groups excluding carboxylic acids is 1. The van der Waals surface area contributed by atoms with Crippen molar-refractivity contribution in [1.29, 1.82) is 0 Å². The molecule has 0 aliphatic heterocycles. The first-order chi connectivity index (χ1) is 9.95. The highest BCUT2D eigenvalue weighted by molar-refractivity contribution is 6.02. The molecule has 0 spiro atoms. The van der Waals surface area contributed by atoms with Gasteiger partial charge in [-0.05, 0) is 25.0 Å². The molecule has 116 valence electrons. The predicted octanol–water partition coefficient (Wildman–Crippen LogP) is 2.08. The van der Waals surface area contributed by atoms with Gasteiger partial charge in [0.15, 0.2) is 0 Å². The van der Waals surface area contributed by atoms with E-state index in [9.17, 15) is 14.7 Å². The van der Waals surface area contributed by atoms with Crippen molar-refractivity contribution in [1.82, 2.24) is 5.32 Å². The predicted molar refractivity (Wildman–Crippen MR) is 78.0 cm³/mol. The number of ether oxygens (including phenoxy) is 2. The van der Waals surface area contributed by atoms with E-state index in [2.05, 4.69) is 5.32 Å². The van der Waals surface area contributed by atoms with E-state index < -0.39 is 17.4 Å². The van der Waals surface area contributed by atoms with E-state index >= 15 is 0 Å². The SMILES string of the molecule is CCC(CC)(NC(=O)c1c(OC)cccc1OC)C(=O)O. The van der Waals surface area contributed by atoms with E-state index in [1.54, 1.807) is 32.0 Å². The van der Waals surface area contributed by atoms with Gasteiger partial charge in [0.25, 0.3) is 5.91 Å². The number of amides is 1. The Morgan fingerprint density at radius 3 is 1.95 bits per heavy atom. The topological polar surface area (TPSA) is 84.9 Å². The molecule has 0 atom stereocenters. The van der Waals surface area contributed by atoms with Gasteiger partial charge in [0.1, 0.15) is 22.6 Å². The third-order valence-corrected chi connectivity index (χ3v) is 3.62. The number of benzene rings is 1. The second kappa shape index (κ2) is 6.97. The summed E-state index contributed by atoms with van der Waals surface area (Å²) in [6, 6.07) is 4.94. The molecule has 0 saturated heterocycles. The quantitative estimate of drug-likeness (QED) is 0.804. The molecule has 0 bridgehead atoms. The summed E-state index contributed by atoms with van der Waals surface area (Å²) in [6.07, 6.45) is 0.560. The minimum Gasteiger partial charge on any atom is -0.496 e. The van der Waals surface area contributed by atoms with Gasteiger partial charge in [0.05, 0.1) is 14.2 Å². The Morgan fingerprint density at radius 1 is 1.14 bits per heavy atom. The molecule has 0 aliphatic carbocycles. The molecule has 1 amide bonds. The first-order valence-electron chi connectivity index (χ1n) is 6.72. The van der Waals surface area contributed by atoms with Gasteiger partial charge in [-0.15, -0.1) is 0 Å². The Morgan fingerprint density at radius 2 is 1.62 bits per heavy atom. The lowest BCUT2D eigenvalue weighted by Gasteiger charge is -2.28. The summed E-state index contributed by atoms with van der Waals surface area (Å²) in [5.74, 6) is -0.929. The van der Waals surface area contributed by atoms with Crippen LogP contribution >= 0.6 is 0 Å². The summed E-state index contributed by atoms with van der Waals surface area (Å²) in [5.41, 5.74) is -1.11. The molecule has 0 saturated carbocycles. The molecule has 0 radical (unpaired) electrons. The summed E-state index contributed by atoms with van der Waals surface area (Å²) in [6.45, 7) is 3.44. The Kier molecular flexibility index (Phi) is 5.58. The summed E-state index contributed by atoms with van der Waals surface area (Å²) in [5, 5.41) is 12.0. The maximum Gasteiger partial charge on any atom is 0.329 e. The number of carboxylic acids is 1.